The molecular weight excluding hydrogens is 274 g/mol. The van der Waals surface area contributed by atoms with Crippen molar-refractivity contribution in [2.24, 2.45) is 5.92 Å². The zero-order valence-corrected chi connectivity index (χ0v) is 13.3. The molecule has 0 aromatic carbocycles. The number of aliphatic hydroxyl groups is 1. The minimum absolute atomic E-state index is 0.399. The zero-order valence-electron chi connectivity index (χ0n) is 13.3. The van der Waals surface area contributed by atoms with E-state index in [9.17, 15) is 10.4 Å². The van der Waals surface area contributed by atoms with Gasteiger partial charge >= 0.3 is 0 Å². The van der Waals surface area contributed by atoms with Crippen LogP contribution in [-0.2, 0) is 5.41 Å². The van der Waals surface area contributed by atoms with Crippen LogP contribution in [0.5, 0.6) is 0 Å². The number of rotatable bonds is 5. The van der Waals surface area contributed by atoms with Crippen molar-refractivity contribution in [2.45, 2.75) is 62.5 Å². The summed E-state index contributed by atoms with van der Waals surface area (Å²) in [5.41, 5.74) is -0.107. The summed E-state index contributed by atoms with van der Waals surface area (Å²) in [6, 6.07) is 8.73. The topological polar surface area (TPSA) is 68.9 Å². The minimum Gasteiger partial charge on any atom is -0.389 e. The number of nitrogens with zero attached hydrogens (tertiary/aromatic N) is 2. The SMILES string of the molecule is CC(O)(CNC1CCC(C#N)(c2ccccn2)CC1)C1CC1. The van der Waals surface area contributed by atoms with Gasteiger partial charge in [-0.2, -0.15) is 5.26 Å². The van der Waals surface area contributed by atoms with Crippen molar-refractivity contribution in [3.63, 3.8) is 0 Å². The van der Waals surface area contributed by atoms with Crippen molar-refractivity contribution < 1.29 is 5.11 Å². The van der Waals surface area contributed by atoms with Crippen LogP contribution >= 0.6 is 0 Å². The largest absolute Gasteiger partial charge is 0.389 e. The summed E-state index contributed by atoms with van der Waals surface area (Å²) in [6.45, 7) is 2.60. The van der Waals surface area contributed by atoms with Crippen LogP contribution in [0, 0.1) is 17.2 Å². The van der Waals surface area contributed by atoms with Crippen LogP contribution in [0.3, 0.4) is 0 Å². The summed E-state index contributed by atoms with van der Waals surface area (Å²) >= 11 is 0. The van der Waals surface area contributed by atoms with Crippen molar-refractivity contribution >= 4 is 0 Å². The van der Waals surface area contributed by atoms with Gasteiger partial charge in [-0.3, -0.25) is 4.98 Å². The standard InChI is InChI=1S/C18H25N3O/c1-17(22,14-5-6-14)13-21-15-7-9-18(12-19,10-8-15)16-4-2-3-11-20-16/h2-4,11,14-15,21-22H,5-10,13H2,1H3. The third-order valence-electron chi connectivity index (χ3n) is 5.41. The lowest BCUT2D eigenvalue weighted by Gasteiger charge is -2.36. The van der Waals surface area contributed by atoms with E-state index in [4.69, 9.17) is 0 Å². The number of nitrogens with one attached hydrogen (secondary N) is 1. The van der Waals surface area contributed by atoms with E-state index < -0.39 is 11.0 Å². The molecule has 1 unspecified atom stereocenters. The molecule has 0 amide bonds. The molecule has 0 aliphatic heterocycles. The highest BCUT2D eigenvalue weighted by atomic mass is 16.3. The molecule has 0 saturated heterocycles. The van der Waals surface area contributed by atoms with Crippen LogP contribution in [0.2, 0.25) is 0 Å². The minimum atomic E-state index is -0.579. The molecular formula is C18H25N3O. The summed E-state index contributed by atoms with van der Waals surface area (Å²) < 4.78 is 0. The first-order valence-electron chi connectivity index (χ1n) is 8.34. The number of hydrogen-bond donors (Lipinski definition) is 2. The molecule has 22 heavy (non-hydrogen) atoms. The summed E-state index contributed by atoms with van der Waals surface area (Å²) in [5.74, 6) is 0.468. The molecule has 3 rings (SSSR count). The molecule has 118 valence electrons. The smallest absolute Gasteiger partial charge is 0.0994 e. The summed E-state index contributed by atoms with van der Waals surface area (Å²) in [7, 11) is 0. The Kier molecular flexibility index (Phi) is 4.20. The molecule has 0 radical (unpaired) electrons. The fourth-order valence-corrected chi connectivity index (χ4v) is 3.59. The molecule has 2 saturated carbocycles. The Morgan fingerprint density at radius 1 is 1.36 bits per heavy atom. The highest BCUT2D eigenvalue weighted by Crippen LogP contribution is 2.40. The van der Waals surface area contributed by atoms with E-state index >= 15 is 0 Å². The molecule has 1 aromatic rings. The molecule has 1 aromatic heterocycles. The maximum Gasteiger partial charge on any atom is 0.0994 e. The van der Waals surface area contributed by atoms with Crippen molar-refractivity contribution in [2.75, 3.05) is 6.54 Å². The number of nitriles is 1. The third kappa shape index (κ3) is 3.16. The average Bonchev–Trinajstić information content (AvgIpc) is 3.40. The Bertz CT molecular complexity index is 537. The molecule has 0 bridgehead atoms. The summed E-state index contributed by atoms with van der Waals surface area (Å²) in [5, 5.41) is 23.6. The molecule has 2 aliphatic rings. The van der Waals surface area contributed by atoms with Gasteiger partial charge in [0.05, 0.1) is 22.8 Å². The Hall–Kier alpha value is -1.44. The van der Waals surface area contributed by atoms with Gasteiger partial charge in [0, 0.05) is 18.8 Å². The van der Waals surface area contributed by atoms with Gasteiger partial charge in [-0.25, -0.2) is 0 Å². The van der Waals surface area contributed by atoms with Gasteiger partial charge in [-0.15, -0.1) is 0 Å². The lowest BCUT2D eigenvalue weighted by molar-refractivity contribution is 0.0323. The Balaban J connectivity index is 1.56. The maximum absolute atomic E-state index is 10.4. The first kappa shape index (κ1) is 15.5. The van der Waals surface area contributed by atoms with Crippen molar-refractivity contribution in [1.82, 2.24) is 10.3 Å². The first-order chi connectivity index (χ1) is 10.6. The Morgan fingerprint density at radius 2 is 2.09 bits per heavy atom. The Morgan fingerprint density at radius 3 is 2.64 bits per heavy atom. The second kappa shape index (κ2) is 5.98. The molecule has 1 atom stereocenters. The molecule has 1 heterocycles. The van der Waals surface area contributed by atoms with E-state index in [0.29, 0.717) is 18.5 Å². The number of pyridine rings is 1. The predicted octanol–water partition coefficient (Wildman–Crippen LogP) is 2.54. The monoisotopic (exact) mass is 299 g/mol. The second-order valence-electron chi connectivity index (χ2n) is 7.20. The highest BCUT2D eigenvalue weighted by molar-refractivity contribution is 5.27. The summed E-state index contributed by atoms with van der Waals surface area (Å²) in [4.78, 5) is 4.40. The Labute approximate surface area is 132 Å². The fourth-order valence-electron chi connectivity index (χ4n) is 3.59. The van der Waals surface area contributed by atoms with E-state index in [0.717, 1.165) is 44.2 Å². The number of hydrogen-bond acceptors (Lipinski definition) is 4. The van der Waals surface area contributed by atoms with Crippen LogP contribution in [0.25, 0.3) is 0 Å². The van der Waals surface area contributed by atoms with Crippen LogP contribution in [0.4, 0.5) is 0 Å². The molecule has 2 N–H and O–H groups in total. The van der Waals surface area contributed by atoms with E-state index in [-0.39, 0.29) is 0 Å². The van der Waals surface area contributed by atoms with E-state index in [1.807, 2.05) is 25.1 Å². The third-order valence-corrected chi connectivity index (χ3v) is 5.41. The quantitative estimate of drug-likeness (QED) is 0.876. The molecule has 0 spiro atoms. The van der Waals surface area contributed by atoms with Gasteiger partial charge < -0.3 is 10.4 Å². The predicted molar refractivity (Wildman–Crippen MR) is 85.1 cm³/mol. The van der Waals surface area contributed by atoms with Crippen LogP contribution in [0.1, 0.15) is 51.1 Å². The van der Waals surface area contributed by atoms with Crippen molar-refractivity contribution in [3.8, 4) is 6.07 Å². The van der Waals surface area contributed by atoms with E-state index in [2.05, 4.69) is 16.4 Å². The van der Waals surface area contributed by atoms with Gasteiger partial charge in [0.15, 0.2) is 0 Å². The van der Waals surface area contributed by atoms with Crippen LogP contribution in [-0.4, -0.2) is 28.3 Å². The van der Waals surface area contributed by atoms with Gasteiger partial charge in [0.25, 0.3) is 0 Å². The maximum atomic E-state index is 10.4. The van der Waals surface area contributed by atoms with Gasteiger partial charge in [0.1, 0.15) is 0 Å². The fraction of sp³-hybridized carbons (Fsp3) is 0.667. The van der Waals surface area contributed by atoms with Crippen molar-refractivity contribution in [3.05, 3.63) is 30.1 Å². The van der Waals surface area contributed by atoms with Crippen molar-refractivity contribution in [1.29, 1.82) is 5.26 Å². The van der Waals surface area contributed by atoms with Gasteiger partial charge in [-0.05, 0) is 63.5 Å². The van der Waals surface area contributed by atoms with Crippen LogP contribution < -0.4 is 5.32 Å². The van der Waals surface area contributed by atoms with Gasteiger partial charge in [0.2, 0.25) is 0 Å². The molecule has 2 fully saturated rings. The van der Waals surface area contributed by atoms with E-state index in [1.165, 1.54) is 0 Å². The average molecular weight is 299 g/mol. The number of aromatic nitrogens is 1. The van der Waals surface area contributed by atoms with Gasteiger partial charge in [-0.1, -0.05) is 6.07 Å². The molecule has 4 nitrogen and oxygen atoms in total. The zero-order chi connectivity index (χ0) is 15.6. The lowest BCUT2D eigenvalue weighted by atomic mass is 9.71. The van der Waals surface area contributed by atoms with E-state index in [1.54, 1.807) is 6.20 Å². The highest BCUT2D eigenvalue weighted by Gasteiger charge is 2.41. The normalized spacial score (nSPS) is 31.2. The first-order valence-corrected chi connectivity index (χ1v) is 8.34. The van der Waals surface area contributed by atoms with Crippen LogP contribution in [0.15, 0.2) is 24.4 Å². The summed E-state index contributed by atoms with van der Waals surface area (Å²) in [6.07, 6.45) is 7.67. The molecule has 2 aliphatic carbocycles. The molecule has 4 heteroatoms. The lowest BCUT2D eigenvalue weighted by Crippen LogP contribution is -2.46. The second-order valence-corrected chi connectivity index (χ2v) is 7.20.